The van der Waals surface area contributed by atoms with Crippen LogP contribution in [-0.4, -0.2) is 10.1 Å². The maximum Gasteiger partial charge on any atom is 0.0793 e. The molecular formula is C18H17NO. The first-order valence-corrected chi connectivity index (χ1v) is 6.90. The van der Waals surface area contributed by atoms with Crippen LogP contribution in [0.2, 0.25) is 0 Å². The summed E-state index contributed by atoms with van der Waals surface area (Å²) >= 11 is 0. The Kier molecular flexibility index (Phi) is 3.75. The van der Waals surface area contributed by atoms with Crippen molar-refractivity contribution in [2.24, 2.45) is 0 Å². The zero-order chi connectivity index (χ0) is 13.8. The van der Waals surface area contributed by atoms with E-state index in [4.69, 9.17) is 0 Å². The fourth-order valence-electron chi connectivity index (χ4n) is 2.50. The molecule has 0 spiro atoms. The molecule has 20 heavy (non-hydrogen) atoms. The molecule has 1 unspecified atom stereocenters. The van der Waals surface area contributed by atoms with Gasteiger partial charge in [-0.25, -0.2) is 0 Å². The van der Waals surface area contributed by atoms with E-state index >= 15 is 0 Å². The number of pyridine rings is 1. The SMILES string of the molecule is OC(CCc1cccc2cccnc12)c1ccccc1. The Bertz CT molecular complexity index is 689. The van der Waals surface area contributed by atoms with Crippen molar-refractivity contribution >= 4 is 10.9 Å². The van der Waals surface area contributed by atoms with Crippen molar-refractivity contribution < 1.29 is 5.11 Å². The molecule has 100 valence electrons. The first-order valence-electron chi connectivity index (χ1n) is 6.90. The summed E-state index contributed by atoms with van der Waals surface area (Å²) in [6.45, 7) is 0. The van der Waals surface area contributed by atoms with Crippen LogP contribution in [0.15, 0.2) is 66.9 Å². The van der Waals surface area contributed by atoms with Gasteiger partial charge in [-0.2, -0.15) is 0 Å². The second kappa shape index (κ2) is 5.85. The third-order valence-electron chi connectivity index (χ3n) is 3.59. The summed E-state index contributed by atoms with van der Waals surface area (Å²) in [5, 5.41) is 11.4. The van der Waals surface area contributed by atoms with Crippen LogP contribution in [-0.2, 0) is 6.42 Å². The number of hydrogen-bond donors (Lipinski definition) is 1. The highest BCUT2D eigenvalue weighted by Gasteiger charge is 2.08. The number of para-hydroxylation sites is 1. The number of benzene rings is 2. The number of aliphatic hydroxyl groups excluding tert-OH is 1. The van der Waals surface area contributed by atoms with Gasteiger partial charge in [-0.3, -0.25) is 4.98 Å². The first-order chi connectivity index (χ1) is 9.84. The molecule has 1 heterocycles. The molecule has 0 fully saturated rings. The lowest BCUT2D eigenvalue weighted by molar-refractivity contribution is 0.168. The molecule has 0 aliphatic heterocycles. The predicted octanol–water partition coefficient (Wildman–Crippen LogP) is 3.90. The molecule has 0 saturated heterocycles. The Morgan fingerprint density at radius 1 is 0.900 bits per heavy atom. The minimum Gasteiger partial charge on any atom is -0.388 e. The minimum absolute atomic E-state index is 0.421. The van der Waals surface area contributed by atoms with Crippen LogP contribution in [0.5, 0.6) is 0 Å². The molecule has 3 aromatic rings. The fourth-order valence-corrected chi connectivity index (χ4v) is 2.50. The molecule has 2 nitrogen and oxygen atoms in total. The van der Waals surface area contributed by atoms with Crippen LogP contribution >= 0.6 is 0 Å². The standard InChI is InChI=1S/C18H17NO/c20-17(14-6-2-1-3-7-14)12-11-16-9-4-8-15-10-5-13-19-18(15)16/h1-10,13,17,20H,11-12H2. The van der Waals surface area contributed by atoms with Gasteiger partial charge in [-0.05, 0) is 30.0 Å². The van der Waals surface area contributed by atoms with Gasteiger partial charge < -0.3 is 5.11 Å². The Hall–Kier alpha value is -2.19. The molecule has 1 aromatic heterocycles. The van der Waals surface area contributed by atoms with Gasteiger partial charge in [0.15, 0.2) is 0 Å². The van der Waals surface area contributed by atoms with Crippen LogP contribution in [0.3, 0.4) is 0 Å². The smallest absolute Gasteiger partial charge is 0.0793 e. The molecular weight excluding hydrogens is 246 g/mol. The Morgan fingerprint density at radius 2 is 1.70 bits per heavy atom. The number of rotatable bonds is 4. The van der Waals surface area contributed by atoms with Gasteiger partial charge in [0.1, 0.15) is 0 Å². The summed E-state index contributed by atoms with van der Waals surface area (Å²) in [7, 11) is 0. The monoisotopic (exact) mass is 263 g/mol. The van der Waals surface area contributed by atoms with Gasteiger partial charge >= 0.3 is 0 Å². The molecule has 0 bridgehead atoms. The van der Waals surface area contributed by atoms with Gasteiger partial charge in [-0.1, -0.05) is 54.6 Å². The Balaban J connectivity index is 1.77. The molecule has 0 radical (unpaired) electrons. The van der Waals surface area contributed by atoms with E-state index < -0.39 is 6.10 Å². The predicted molar refractivity (Wildman–Crippen MR) is 81.5 cm³/mol. The Morgan fingerprint density at radius 3 is 2.55 bits per heavy atom. The number of nitrogens with zero attached hydrogens (tertiary/aromatic N) is 1. The van der Waals surface area contributed by atoms with Gasteiger partial charge in [0.2, 0.25) is 0 Å². The molecule has 1 atom stereocenters. The zero-order valence-corrected chi connectivity index (χ0v) is 11.2. The third-order valence-corrected chi connectivity index (χ3v) is 3.59. The lowest BCUT2D eigenvalue weighted by Gasteiger charge is -2.11. The van der Waals surface area contributed by atoms with Gasteiger partial charge in [0.25, 0.3) is 0 Å². The molecule has 3 rings (SSSR count). The van der Waals surface area contributed by atoms with Gasteiger partial charge in [0, 0.05) is 11.6 Å². The molecule has 0 amide bonds. The highest BCUT2D eigenvalue weighted by molar-refractivity contribution is 5.81. The normalized spacial score (nSPS) is 12.4. The van der Waals surface area contributed by atoms with Gasteiger partial charge in [-0.15, -0.1) is 0 Å². The second-order valence-corrected chi connectivity index (χ2v) is 4.96. The largest absolute Gasteiger partial charge is 0.388 e. The summed E-state index contributed by atoms with van der Waals surface area (Å²) in [6, 6.07) is 20.0. The summed E-state index contributed by atoms with van der Waals surface area (Å²) < 4.78 is 0. The number of fused-ring (bicyclic) bond motifs is 1. The van der Waals surface area contributed by atoms with E-state index in [-0.39, 0.29) is 0 Å². The van der Waals surface area contributed by atoms with Crippen molar-refractivity contribution in [1.82, 2.24) is 4.98 Å². The number of aliphatic hydroxyl groups is 1. The topological polar surface area (TPSA) is 33.1 Å². The van der Waals surface area contributed by atoms with Crippen molar-refractivity contribution in [2.75, 3.05) is 0 Å². The van der Waals surface area contributed by atoms with Crippen molar-refractivity contribution in [1.29, 1.82) is 0 Å². The lowest BCUT2D eigenvalue weighted by atomic mass is 10.00. The summed E-state index contributed by atoms with van der Waals surface area (Å²) in [5.41, 5.74) is 3.20. The molecule has 2 aromatic carbocycles. The number of hydrogen-bond acceptors (Lipinski definition) is 2. The highest BCUT2D eigenvalue weighted by atomic mass is 16.3. The van der Waals surface area contributed by atoms with E-state index in [2.05, 4.69) is 23.2 Å². The maximum atomic E-state index is 10.2. The number of aryl methyl sites for hydroxylation is 1. The Labute approximate surface area is 118 Å². The van der Waals surface area contributed by atoms with E-state index in [9.17, 15) is 5.11 Å². The molecule has 0 aliphatic rings. The van der Waals surface area contributed by atoms with E-state index in [0.29, 0.717) is 6.42 Å². The zero-order valence-electron chi connectivity index (χ0n) is 11.2. The van der Waals surface area contributed by atoms with Crippen molar-refractivity contribution in [3.63, 3.8) is 0 Å². The van der Waals surface area contributed by atoms with Crippen LogP contribution in [0.1, 0.15) is 23.7 Å². The fraction of sp³-hybridized carbons (Fsp3) is 0.167. The third kappa shape index (κ3) is 2.70. The van der Waals surface area contributed by atoms with Crippen LogP contribution in [0.4, 0.5) is 0 Å². The van der Waals surface area contributed by atoms with Crippen molar-refractivity contribution in [3.8, 4) is 0 Å². The first kappa shape index (κ1) is 12.8. The van der Waals surface area contributed by atoms with Crippen LogP contribution in [0.25, 0.3) is 10.9 Å². The van der Waals surface area contributed by atoms with E-state index in [0.717, 1.165) is 22.9 Å². The average Bonchev–Trinajstić information content (AvgIpc) is 2.53. The number of aromatic nitrogens is 1. The average molecular weight is 263 g/mol. The molecule has 1 N–H and O–H groups in total. The quantitative estimate of drug-likeness (QED) is 0.774. The molecule has 0 saturated carbocycles. The van der Waals surface area contributed by atoms with E-state index in [1.54, 1.807) is 0 Å². The summed E-state index contributed by atoms with van der Waals surface area (Å²) in [4.78, 5) is 4.45. The highest BCUT2D eigenvalue weighted by Crippen LogP contribution is 2.22. The minimum atomic E-state index is -0.421. The van der Waals surface area contributed by atoms with Gasteiger partial charge in [0.05, 0.1) is 11.6 Å². The molecule has 0 aliphatic carbocycles. The summed E-state index contributed by atoms with van der Waals surface area (Å²) in [6.07, 6.45) is 2.93. The van der Waals surface area contributed by atoms with Crippen molar-refractivity contribution in [3.05, 3.63) is 78.0 Å². The summed E-state index contributed by atoms with van der Waals surface area (Å²) in [5.74, 6) is 0. The van der Waals surface area contributed by atoms with Crippen molar-refractivity contribution in [2.45, 2.75) is 18.9 Å². The lowest BCUT2D eigenvalue weighted by Crippen LogP contribution is -2.00. The van der Waals surface area contributed by atoms with E-state index in [1.807, 2.05) is 48.7 Å². The maximum absolute atomic E-state index is 10.2. The second-order valence-electron chi connectivity index (χ2n) is 4.96. The molecule has 2 heteroatoms. The van der Waals surface area contributed by atoms with Crippen LogP contribution in [0, 0.1) is 0 Å². The van der Waals surface area contributed by atoms with Crippen LogP contribution < -0.4 is 0 Å². The van der Waals surface area contributed by atoms with E-state index in [1.165, 1.54) is 5.56 Å².